The second kappa shape index (κ2) is 5.23. The van der Waals surface area contributed by atoms with Crippen molar-refractivity contribution in [2.75, 3.05) is 0 Å². The van der Waals surface area contributed by atoms with E-state index < -0.39 is 0 Å². The van der Waals surface area contributed by atoms with E-state index in [1.165, 1.54) is 0 Å². The molecule has 0 spiro atoms. The summed E-state index contributed by atoms with van der Waals surface area (Å²) in [6.07, 6.45) is 3.43. The van der Waals surface area contributed by atoms with Crippen molar-refractivity contribution in [1.82, 2.24) is 20.1 Å². The number of aryl methyl sites for hydroxylation is 1. The highest BCUT2D eigenvalue weighted by Crippen LogP contribution is 2.01. The Morgan fingerprint density at radius 2 is 2.24 bits per heavy atom. The van der Waals surface area contributed by atoms with Gasteiger partial charge in [0.1, 0.15) is 11.8 Å². The van der Waals surface area contributed by atoms with Gasteiger partial charge in [-0.1, -0.05) is 0 Å². The first-order valence-corrected chi connectivity index (χ1v) is 5.32. The Morgan fingerprint density at radius 3 is 2.94 bits per heavy atom. The third-order valence-corrected chi connectivity index (χ3v) is 2.50. The van der Waals surface area contributed by atoms with Crippen LogP contribution in [0, 0.1) is 11.3 Å². The lowest BCUT2D eigenvalue weighted by atomic mass is 10.2. The topological polar surface area (TPSA) is 66.5 Å². The van der Waals surface area contributed by atoms with Gasteiger partial charge in [-0.2, -0.15) is 10.4 Å². The zero-order chi connectivity index (χ0) is 12.1. The summed E-state index contributed by atoms with van der Waals surface area (Å²) in [4.78, 5) is 3.93. The minimum atomic E-state index is 0.449. The summed E-state index contributed by atoms with van der Waals surface area (Å²) in [5, 5.41) is 16.1. The van der Waals surface area contributed by atoms with Gasteiger partial charge < -0.3 is 5.32 Å². The van der Waals surface area contributed by atoms with Crippen LogP contribution in [-0.2, 0) is 20.1 Å². The van der Waals surface area contributed by atoms with Gasteiger partial charge in [-0.05, 0) is 23.8 Å². The number of hydrogen-bond donors (Lipinski definition) is 1. The smallest absolute Gasteiger partial charge is 0.140 e. The van der Waals surface area contributed by atoms with Crippen molar-refractivity contribution in [3.8, 4) is 6.07 Å². The molecule has 0 aliphatic heterocycles. The number of hydrogen-bond acceptors (Lipinski definition) is 4. The number of nitriles is 1. The van der Waals surface area contributed by atoms with E-state index >= 15 is 0 Å². The molecule has 17 heavy (non-hydrogen) atoms. The number of nitrogens with one attached hydrogen (secondary N) is 1. The Morgan fingerprint density at radius 1 is 1.35 bits per heavy atom. The molecule has 2 aromatic heterocycles. The Kier molecular flexibility index (Phi) is 3.48. The second-order valence-corrected chi connectivity index (χ2v) is 3.71. The molecule has 0 atom stereocenters. The van der Waals surface area contributed by atoms with Crippen molar-refractivity contribution < 1.29 is 0 Å². The lowest BCUT2D eigenvalue weighted by Crippen LogP contribution is -2.15. The molecule has 0 aliphatic rings. The van der Waals surface area contributed by atoms with E-state index in [2.05, 4.69) is 15.4 Å². The maximum Gasteiger partial charge on any atom is 0.140 e. The van der Waals surface area contributed by atoms with Crippen LogP contribution in [0.5, 0.6) is 0 Å². The normalized spacial score (nSPS) is 10.1. The number of pyridine rings is 1. The van der Waals surface area contributed by atoms with Gasteiger partial charge in [-0.25, -0.2) is 4.98 Å². The van der Waals surface area contributed by atoms with Gasteiger partial charge in [-0.3, -0.25) is 4.68 Å². The fourth-order valence-electron chi connectivity index (χ4n) is 1.56. The first-order chi connectivity index (χ1) is 8.29. The van der Waals surface area contributed by atoms with Gasteiger partial charge in [0.15, 0.2) is 0 Å². The predicted octanol–water partition coefficient (Wildman–Crippen LogP) is 0.977. The standard InChI is InChI=1S/C12H13N5/c1-17-12(3-5-16-17)9-14-8-10-2-4-15-11(6-10)7-13/h2-6,14H,8-9H2,1H3. The van der Waals surface area contributed by atoms with E-state index in [0.717, 1.165) is 17.8 Å². The van der Waals surface area contributed by atoms with Crippen LogP contribution < -0.4 is 5.32 Å². The average Bonchev–Trinajstić information content (AvgIpc) is 2.76. The molecule has 2 heterocycles. The first kappa shape index (κ1) is 11.3. The Labute approximate surface area is 99.7 Å². The van der Waals surface area contributed by atoms with Crippen LogP contribution in [0.3, 0.4) is 0 Å². The molecular weight excluding hydrogens is 214 g/mol. The largest absolute Gasteiger partial charge is 0.307 e. The molecule has 0 bridgehead atoms. The Hall–Kier alpha value is -2.19. The number of nitrogens with zero attached hydrogens (tertiary/aromatic N) is 4. The monoisotopic (exact) mass is 227 g/mol. The summed E-state index contributed by atoms with van der Waals surface area (Å²) in [7, 11) is 1.91. The maximum atomic E-state index is 8.73. The minimum Gasteiger partial charge on any atom is -0.307 e. The Balaban J connectivity index is 1.90. The molecule has 0 saturated heterocycles. The molecular formula is C12H13N5. The molecule has 0 fully saturated rings. The van der Waals surface area contributed by atoms with Gasteiger partial charge in [0.05, 0.1) is 5.69 Å². The van der Waals surface area contributed by atoms with Crippen LogP contribution in [0.1, 0.15) is 17.0 Å². The van der Waals surface area contributed by atoms with Crippen LogP contribution in [0.15, 0.2) is 30.6 Å². The van der Waals surface area contributed by atoms with Crippen molar-refractivity contribution in [2.24, 2.45) is 7.05 Å². The zero-order valence-corrected chi connectivity index (χ0v) is 9.59. The second-order valence-electron chi connectivity index (χ2n) is 3.71. The SMILES string of the molecule is Cn1nccc1CNCc1ccnc(C#N)c1. The van der Waals surface area contributed by atoms with Crippen molar-refractivity contribution in [2.45, 2.75) is 13.1 Å². The van der Waals surface area contributed by atoms with E-state index in [9.17, 15) is 0 Å². The summed E-state index contributed by atoms with van der Waals surface area (Å²) in [5.41, 5.74) is 2.63. The van der Waals surface area contributed by atoms with Crippen molar-refractivity contribution in [3.05, 3.63) is 47.5 Å². The minimum absolute atomic E-state index is 0.449. The lowest BCUT2D eigenvalue weighted by molar-refractivity contribution is 0.626. The van der Waals surface area contributed by atoms with Crippen LogP contribution in [-0.4, -0.2) is 14.8 Å². The van der Waals surface area contributed by atoms with Gasteiger partial charge in [-0.15, -0.1) is 0 Å². The zero-order valence-electron chi connectivity index (χ0n) is 9.59. The maximum absolute atomic E-state index is 8.73. The average molecular weight is 227 g/mol. The van der Waals surface area contributed by atoms with E-state index in [1.807, 2.05) is 29.9 Å². The van der Waals surface area contributed by atoms with Gasteiger partial charge in [0.2, 0.25) is 0 Å². The molecule has 1 N–H and O–H groups in total. The molecule has 2 rings (SSSR count). The fourth-order valence-corrected chi connectivity index (χ4v) is 1.56. The number of rotatable bonds is 4. The highest BCUT2D eigenvalue weighted by Gasteiger charge is 1.99. The molecule has 0 amide bonds. The van der Waals surface area contributed by atoms with Gasteiger partial charge in [0.25, 0.3) is 0 Å². The third-order valence-electron chi connectivity index (χ3n) is 2.50. The van der Waals surface area contributed by atoms with Gasteiger partial charge >= 0.3 is 0 Å². The van der Waals surface area contributed by atoms with Crippen molar-refractivity contribution in [3.63, 3.8) is 0 Å². The molecule has 5 heteroatoms. The molecule has 2 aromatic rings. The lowest BCUT2D eigenvalue weighted by Gasteiger charge is -2.05. The van der Waals surface area contributed by atoms with E-state index in [0.29, 0.717) is 12.2 Å². The number of aromatic nitrogens is 3. The molecule has 0 saturated carbocycles. The summed E-state index contributed by atoms with van der Waals surface area (Å²) in [6.45, 7) is 1.46. The van der Waals surface area contributed by atoms with Crippen LogP contribution >= 0.6 is 0 Å². The molecule has 0 aliphatic carbocycles. The first-order valence-electron chi connectivity index (χ1n) is 5.32. The van der Waals surface area contributed by atoms with Crippen LogP contribution in [0.2, 0.25) is 0 Å². The predicted molar refractivity (Wildman–Crippen MR) is 62.7 cm³/mol. The highest BCUT2D eigenvalue weighted by molar-refractivity contribution is 5.25. The molecule has 0 aromatic carbocycles. The molecule has 0 radical (unpaired) electrons. The quantitative estimate of drug-likeness (QED) is 0.845. The van der Waals surface area contributed by atoms with E-state index in [1.54, 1.807) is 18.5 Å². The van der Waals surface area contributed by atoms with Crippen molar-refractivity contribution >= 4 is 0 Å². The third kappa shape index (κ3) is 2.89. The molecule has 86 valence electrons. The van der Waals surface area contributed by atoms with E-state index in [-0.39, 0.29) is 0 Å². The fraction of sp³-hybridized carbons (Fsp3) is 0.250. The summed E-state index contributed by atoms with van der Waals surface area (Å²) in [6, 6.07) is 7.69. The summed E-state index contributed by atoms with van der Waals surface area (Å²) >= 11 is 0. The van der Waals surface area contributed by atoms with Crippen molar-refractivity contribution in [1.29, 1.82) is 5.26 Å². The van der Waals surface area contributed by atoms with Gasteiger partial charge in [0, 0.05) is 32.5 Å². The Bertz CT molecular complexity index is 538. The van der Waals surface area contributed by atoms with Crippen LogP contribution in [0.4, 0.5) is 0 Å². The summed E-state index contributed by atoms with van der Waals surface area (Å²) in [5.74, 6) is 0. The molecule has 5 nitrogen and oxygen atoms in total. The highest BCUT2D eigenvalue weighted by atomic mass is 15.3. The summed E-state index contributed by atoms with van der Waals surface area (Å²) < 4.78 is 1.83. The van der Waals surface area contributed by atoms with Crippen LogP contribution in [0.25, 0.3) is 0 Å². The van der Waals surface area contributed by atoms with E-state index in [4.69, 9.17) is 5.26 Å². The molecule has 0 unspecified atom stereocenters.